The normalized spacial score (nSPS) is 20.6. The molecule has 58 heavy (non-hydrogen) atoms. The zero-order valence-corrected chi connectivity index (χ0v) is 33.6. The molecule has 2 aromatic carbocycles. The quantitative estimate of drug-likeness (QED) is 0.109. The molecule has 1 saturated carbocycles. The third-order valence-corrected chi connectivity index (χ3v) is 13.3. The third kappa shape index (κ3) is 6.65. The number of likely N-dealkylation sites (tertiary alicyclic amines) is 1. The molecule has 14 heteroatoms. The van der Waals surface area contributed by atoms with Crippen LogP contribution in [0.3, 0.4) is 0 Å². The number of amides is 2. The van der Waals surface area contributed by atoms with E-state index < -0.39 is 24.2 Å². The van der Waals surface area contributed by atoms with E-state index in [1.54, 1.807) is 22.4 Å². The minimum Gasteiger partial charge on any atom is -0.464 e. The fraction of sp³-hybridized carbons (Fsp3) is 0.409. The Hall–Kier alpha value is -5.47. The lowest BCUT2D eigenvalue weighted by Gasteiger charge is -2.30. The van der Waals surface area contributed by atoms with Crippen molar-refractivity contribution in [2.75, 3.05) is 20.2 Å². The molecule has 0 radical (unpaired) electrons. The fourth-order valence-corrected chi connectivity index (χ4v) is 10.1. The van der Waals surface area contributed by atoms with E-state index in [1.807, 2.05) is 26.1 Å². The van der Waals surface area contributed by atoms with Gasteiger partial charge in [-0.1, -0.05) is 19.9 Å². The van der Waals surface area contributed by atoms with Gasteiger partial charge < -0.3 is 35.0 Å². The number of thiophene rings is 1. The Labute approximate surface area is 339 Å². The number of carbonyl (C=O) groups is 2. The second-order valence-corrected chi connectivity index (χ2v) is 17.7. The number of carbonyl (C=O) groups excluding carboxylic acids is 2. The number of H-pyrrole nitrogens is 2. The predicted octanol–water partition coefficient (Wildman–Crippen LogP) is 8.65. The second kappa shape index (κ2) is 14.7. The largest absolute Gasteiger partial charge is 0.464 e. The van der Waals surface area contributed by atoms with Crippen LogP contribution in [0.5, 0.6) is 5.75 Å². The highest BCUT2D eigenvalue weighted by Gasteiger charge is 2.38. The Morgan fingerprint density at radius 1 is 0.983 bits per heavy atom. The summed E-state index contributed by atoms with van der Waals surface area (Å²) in [5.74, 6) is 2.04. The van der Waals surface area contributed by atoms with E-state index in [2.05, 4.69) is 61.6 Å². The van der Waals surface area contributed by atoms with Crippen LogP contribution < -0.4 is 15.4 Å². The van der Waals surface area contributed by atoms with Crippen LogP contribution in [0.15, 0.2) is 60.9 Å². The van der Waals surface area contributed by atoms with Crippen molar-refractivity contribution in [3.05, 3.63) is 88.1 Å². The Morgan fingerprint density at radius 2 is 1.79 bits per heavy atom. The van der Waals surface area contributed by atoms with Crippen LogP contribution in [0, 0.1) is 17.7 Å². The molecule has 300 valence electrons. The van der Waals surface area contributed by atoms with Crippen molar-refractivity contribution in [3.63, 3.8) is 0 Å². The summed E-state index contributed by atoms with van der Waals surface area (Å²) in [4.78, 5) is 46.4. The van der Waals surface area contributed by atoms with Crippen LogP contribution in [0.25, 0.3) is 44.7 Å². The Bertz CT molecular complexity index is 2530. The van der Waals surface area contributed by atoms with Crippen LogP contribution in [0.4, 0.5) is 9.18 Å². The summed E-state index contributed by atoms with van der Waals surface area (Å²) >= 11 is 1.77. The van der Waals surface area contributed by atoms with Gasteiger partial charge in [-0.05, 0) is 106 Å². The summed E-state index contributed by atoms with van der Waals surface area (Å²) in [5.41, 5.74) is 5.30. The number of halogens is 1. The highest BCUT2D eigenvalue weighted by atomic mass is 32.1. The average Bonchev–Trinajstić information content (AvgIpc) is 3.95. The number of aromatic amines is 2. The maximum atomic E-state index is 16.7. The van der Waals surface area contributed by atoms with Gasteiger partial charge in [0, 0.05) is 27.9 Å². The predicted molar refractivity (Wildman–Crippen MR) is 220 cm³/mol. The molecule has 3 aliphatic heterocycles. The first kappa shape index (κ1) is 36.8. The molecule has 6 aromatic rings. The number of ether oxygens (including phenoxy) is 2. The number of hydrogen-bond donors (Lipinski definition) is 4. The first-order valence-electron chi connectivity index (χ1n) is 20.5. The number of fused-ring (bicyclic) bond motifs is 5. The average molecular weight is 803 g/mol. The van der Waals surface area contributed by atoms with Crippen LogP contribution in [0.2, 0.25) is 0 Å². The number of methoxy groups -OCH3 is 1. The lowest BCUT2D eigenvalue weighted by molar-refractivity contribution is -0.135. The van der Waals surface area contributed by atoms with E-state index in [1.165, 1.54) is 30.9 Å². The van der Waals surface area contributed by atoms with Crippen molar-refractivity contribution in [1.29, 1.82) is 0 Å². The number of aromatic nitrogens is 5. The molecule has 10 rings (SSSR count). The van der Waals surface area contributed by atoms with Crippen molar-refractivity contribution in [2.24, 2.45) is 11.8 Å². The molecule has 3 unspecified atom stereocenters. The van der Waals surface area contributed by atoms with Gasteiger partial charge in [-0.2, -0.15) is 0 Å². The van der Waals surface area contributed by atoms with E-state index in [0.29, 0.717) is 41.4 Å². The molecule has 4 aromatic heterocycles. The Balaban J connectivity index is 0.997. The standard InChI is InChI=1S/C44H47FN8O4S/c1-23(2)39(51-44(55)56-3)42(54)52-15-5-7-34(52)41-48-22-32(50-41)26-18-29(45)38-35-19-27-17-25(31-21-47-40(49-31)30-6-4-14-46-30)10-12-33(27)53(35)43(57-36(38)20-26)37-13-11-28(58-37)16-24-8-9-24/h10-13,17-24,30,34,39,43,46H,4-9,14-16H2,1-3H3,(H,47,49)(H,48,50)(H,51,55)/t30?,34?,39-,43?/m0/s1. The Morgan fingerprint density at radius 3 is 2.57 bits per heavy atom. The first-order valence-corrected chi connectivity index (χ1v) is 21.3. The van der Waals surface area contributed by atoms with Gasteiger partial charge in [-0.3, -0.25) is 9.36 Å². The third-order valence-electron chi connectivity index (χ3n) is 12.2. The SMILES string of the molecule is COC(=O)N[C@H](C(=O)N1CCCC1c1ncc(-c2cc(F)c3c(c2)OC(c2ccc(CC4CC4)s2)n2c-3cc3cc(-c4cnc(C5CCCN5)[nH]4)ccc32)[nH]1)C(C)C. The summed E-state index contributed by atoms with van der Waals surface area (Å²) < 4.78 is 30.5. The summed E-state index contributed by atoms with van der Waals surface area (Å²) in [6.45, 7) is 5.31. The van der Waals surface area contributed by atoms with Gasteiger partial charge in [0.25, 0.3) is 0 Å². The smallest absolute Gasteiger partial charge is 0.407 e. The van der Waals surface area contributed by atoms with Gasteiger partial charge in [-0.15, -0.1) is 11.3 Å². The molecule has 0 bridgehead atoms. The highest BCUT2D eigenvalue weighted by Crippen LogP contribution is 2.49. The molecule has 4 atom stereocenters. The maximum absolute atomic E-state index is 16.7. The Kier molecular flexibility index (Phi) is 9.35. The molecular formula is C44H47FN8O4S. The van der Waals surface area contributed by atoms with Gasteiger partial charge in [0.05, 0.1) is 64.6 Å². The summed E-state index contributed by atoms with van der Waals surface area (Å²) in [6, 6.07) is 15.4. The van der Waals surface area contributed by atoms with Crippen LogP contribution in [0.1, 0.15) is 92.1 Å². The van der Waals surface area contributed by atoms with Crippen LogP contribution in [-0.4, -0.2) is 67.6 Å². The number of benzene rings is 2. The zero-order chi connectivity index (χ0) is 39.7. The molecule has 0 spiro atoms. The van der Waals surface area contributed by atoms with Crippen LogP contribution in [-0.2, 0) is 16.0 Å². The molecular weight excluding hydrogens is 756 g/mol. The van der Waals surface area contributed by atoms with Crippen molar-refractivity contribution < 1.29 is 23.5 Å². The number of nitrogens with zero attached hydrogens (tertiary/aromatic N) is 4. The van der Waals surface area contributed by atoms with Crippen molar-refractivity contribution >= 4 is 34.2 Å². The lowest BCUT2D eigenvalue weighted by Crippen LogP contribution is -2.51. The second-order valence-electron chi connectivity index (χ2n) is 16.5. The van der Waals surface area contributed by atoms with Crippen molar-refractivity contribution in [2.45, 2.75) is 83.1 Å². The molecule has 2 amide bonds. The number of rotatable bonds is 10. The van der Waals surface area contributed by atoms with Gasteiger partial charge in [0.1, 0.15) is 29.3 Å². The minimum atomic E-state index is -0.741. The fourth-order valence-electron chi connectivity index (χ4n) is 8.95. The van der Waals surface area contributed by atoms with Gasteiger partial charge in [0.15, 0.2) is 0 Å². The lowest BCUT2D eigenvalue weighted by atomic mass is 10.0. The van der Waals surface area contributed by atoms with Gasteiger partial charge in [-0.25, -0.2) is 19.2 Å². The minimum absolute atomic E-state index is 0.148. The zero-order valence-electron chi connectivity index (χ0n) is 32.8. The summed E-state index contributed by atoms with van der Waals surface area (Å²) in [5, 5.41) is 7.20. The molecule has 3 fully saturated rings. The van der Waals surface area contributed by atoms with E-state index in [4.69, 9.17) is 19.4 Å². The topological polar surface area (TPSA) is 142 Å². The monoisotopic (exact) mass is 802 g/mol. The molecule has 2 saturated heterocycles. The molecule has 7 heterocycles. The summed E-state index contributed by atoms with van der Waals surface area (Å²) in [7, 11) is 1.28. The van der Waals surface area contributed by atoms with E-state index in [9.17, 15) is 9.59 Å². The van der Waals surface area contributed by atoms with Gasteiger partial charge in [0.2, 0.25) is 12.1 Å². The number of imidazole rings is 2. The number of hydrogen-bond acceptors (Lipinski definition) is 8. The molecule has 1 aliphatic carbocycles. The van der Waals surface area contributed by atoms with E-state index in [-0.39, 0.29) is 23.9 Å². The van der Waals surface area contributed by atoms with Crippen molar-refractivity contribution in [1.82, 2.24) is 40.0 Å². The number of alkyl carbamates (subject to hydrolysis) is 1. The highest BCUT2D eigenvalue weighted by molar-refractivity contribution is 7.12. The molecule has 4 aliphatic rings. The molecule has 12 nitrogen and oxygen atoms in total. The maximum Gasteiger partial charge on any atom is 0.407 e. The first-order chi connectivity index (χ1) is 28.2. The molecule has 4 N–H and O–H groups in total. The summed E-state index contributed by atoms with van der Waals surface area (Å²) in [6.07, 6.45) is 9.78. The van der Waals surface area contributed by atoms with E-state index >= 15 is 4.39 Å². The van der Waals surface area contributed by atoms with Crippen LogP contribution >= 0.6 is 11.3 Å². The van der Waals surface area contributed by atoms with Crippen molar-refractivity contribution in [3.8, 4) is 39.5 Å². The van der Waals surface area contributed by atoms with E-state index in [0.717, 1.165) is 76.7 Å². The van der Waals surface area contributed by atoms with Gasteiger partial charge >= 0.3 is 6.09 Å². The number of nitrogens with one attached hydrogen (secondary N) is 4.